The van der Waals surface area contributed by atoms with E-state index in [1.807, 2.05) is 6.92 Å². The van der Waals surface area contributed by atoms with E-state index in [0.29, 0.717) is 5.76 Å². The van der Waals surface area contributed by atoms with Gasteiger partial charge in [-0.3, -0.25) is 5.73 Å². The third kappa shape index (κ3) is 3.92. The van der Waals surface area contributed by atoms with Gasteiger partial charge in [0.25, 0.3) is 0 Å². The van der Waals surface area contributed by atoms with Crippen LogP contribution in [0.2, 0.25) is 0 Å². The number of hydrogen-bond donors (Lipinski definition) is 1. The Hall–Kier alpha value is -1.02. The first-order valence-corrected chi connectivity index (χ1v) is 3.03. The van der Waals surface area contributed by atoms with Crippen molar-refractivity contribution in [1.29, 1.82) is 0 Å². The van der Waals surface area contributed by atoms with Gasteiger partial charge in [0.2, 0.25) is 0 Å². The molecule has 0 heterocycles. The molecule has 0 aromatic heterocycles. The average Bonchev–Trinajstić information content (AvgIpc) is 1.86. The highest BCUT2D eigenvalue weighted by atomic mass is 16.5. The standard InChI is InChI=1S/C8H13NO/c1-4-8(10-6-9)5-7(2)3/h4-5H,1-2,6,9H2,3H3/b8-5+. The third-order valence-corrected chi connectivity index (χ3v) is 0.840. The topological polar surface area (TPSA) is 35.2 Å². The maximum absolute atomic E-state index is 5.14. The zero-order valence-electron chi connectivity index (χ0n) is 6.26. The van der Waals surface area contributed by atoms with Crippen LogP contribution in [0.1, 0.15) is 6.92 Å². The normalized spacial score (nSPS) is 10.8. The van der Waals surface area contributed by atoms with E-state index in [4.69, 9.17) is 10.5 Å². The fourth-order valence-electron chi connectivity index (χ4n) is 0.499. The largest absolute Gasteiger partial charge is 0.479 e. The monoisotopic (exact) mass is 139 g/mol. The van der Waals surface area contributed by atoms with Gasteiger partial charge in [-0.05, 0) is 19.1 Å². The molecular formula is C8H13NO. The Kier molecular flexibility index (Phi) is 4.33. The highest BCUT2D eigenvalue weighted by Gasteiger charge is 1.87. The molecule has 0 amide bonds. The Morgan fingerprint density at radius 3 is 2.60 bits per heavy atom. The van der Waals surface area contributed by atoms with Crippen molar-refractivity contribution in [3.63, 3.8) is 0 Å². The lowest BCUT2D eigenvalue weighted by Crippen LogP contribution is -2.02. The molecule has 0 bridgehead atoms. The molecule has 10 heavy (non-hydrogen) atoms. The minimum Gasteiger partial charge on any atom is -0.479 e. The van der Waals surface area contributed by atoms with Crippen molar-refractivity contribution >= 4 is 0 Å². The quantitative estimate of drug-likeness (QED) is 0.364. The van der Waals surface area contributed by atoms with Crippen molar-refractivity contribution in [3.8, 4) is 0 Å². The molecule has 2 heteroatoms. The van der Waals surface area contributed by atoms with Crippen molar-refractivity contribution in [3.05, 3.63) is 36.6 Å². The van der Waals surface area contributed by atoms with Crippen LogP contribution < -0.4 is 5.73 Å². The van der Waals surface area contributed by atoms with E-state index >= 15 is 0 Å². The van der Waals surface area contributed by atoms with E-state index in [0.717, 1.165) is 5.57 Å². The molecule has 2 N–H and O–H groups in total. The summed E-state index contributed by atoms with van der Waals surface area (Å²) >= 11 is 0. The van der Waals surface area contributed by atoms with Gasteiger partial charge in [0.1, 0.15) is 12.5 Å². The Labute approximate surface area is 61.7 Å². The van der Waals surface area contributed by atoms with Crippen molar-refractivity contribution in [2.75, 3.05) is 6.73 Å². The molecule has 0 radical (unpaired) electrons. The van der Waals surface area contributed by atoms with Gasteiger partial charge in [-0.1, -0.05) is 18.7 Å². The lowest BCUT2D eigenvalue weighted by atomic mass is 10.3. The minimum atomic E-state index is 0.172. The molecule has 0 spiro atoms. The Bertz CT molecular complexity index is 159. The maximum atomic E-state index is 5.14. The first kappa shape index (κ1) is 8.98. The van der Waals surface area contributed by atoms with Crippen LogP contribution in [0.25, 0.3) is 0 Å². The summed E-state index contributed by atoms with van der Waals surface area (Å²) in [6.45, 7) is 9.27. The van der Waals surface area contributed by atoms with Gasteiger partial charge >= 0.3 is 0 Å². The van der Waals surface area contributed by atoms with Crippen LogP contribution in [-0.2, 0) is 4.74 Å². The molecule has 2 nitrogen and oxygen atoms in total. The molecule has 0 aliphatic carbocycles. The van der Waals surface area contributed by atoms with E-state index in [9.17, 15) is 0 Å². The zero-order chi connectivity index (χ0) is 7.98. The zero-order valence-corrected chi connectivity index (χ0v) is 6.26. The van der Waals surface area contributed by atoms with Crippen molar-refractivity contribution in [2.45, 2.75) is 6.92 Å². The molecular weight excluding hydrogens is 126 g/mol. The number of ether oxygens (including phenoxy) is 1. The Balaban J connectivity index is 4.03. The molecule has 0 aliphatic rings. The summed E-state index contributed by atoms with van der Waals surface area (Å²) in [5.74, 6) is 0.662. The van der Waals surface area contributed by atoms with E-state index < -0.39 is 0 Å². The first-order valence-electron chi connectivity index (χ1n) is 3.03. The second-order valence-electron chi connectivity index (χ2n) is 1.91. The van der Waals surface area contributed by atoms with Gasteiger partial charge < -0.3 is 4.74 Å². The van der Waals surface area contributed by atoms with Crippen LogP contribution in [-0.4, -0.2) is 6.73 Å². The van der Waals surface area contributed by atoms with Crippen LogP contribution in [0.3, 0.4) is 0 Å². The summed E-state index contributed by atoms with van der Waals surface area (Å²) in [6.07, 6.45) is 3.38. The molecule has 56 valence electrons. The highest BCUT2D eigenvalue weighted by molar-refractivity contribution is 5.21. The first-order chi connectivity index (χ1) is 4.70. The molecule has 0 unspecified atom stereocenters. The lowest BCUT2D eigenvalue weighted by molar-refractivity contribution is 0.234. The van der Waals surface area contributed by atoms with Crippen LogP contribution in [0, 0.1) is 0 Å². The molecule has 0 saturated carbocycles. The maximum Gasteiger partial charge on any atom is 0.137 e. The predicted molar refractivity (Wildman–Crippen MR) is 43.2 cm³/mol. The summed E-state index contributed by atoms with van der Waals surface area (Å²) in [6, 6.07) is 0. The van der Waals surface area contributed by atoms with Crippen LogP contribution >= 0.6 is 0 Å². The van der Waals surface area contributed by atoms with Gasteiger partial charge in [-0.25, -0.2) is 0 Å². The van der Waals surface area contributed by atoms with Gasteiger partial charge in [0.15, 0.2) is 0 Å². The molecule has 0 aromatic carbocycles. The van der Waals surface area contributed by atoms with Crippen LogP contribution in [0.4, 0.5) is 0 Å². The van der Waals surface area contributed by atoms with E-state index in [1.54, 1.807) is 12.2 Å². The van der Waals surface area contributed by atoms with E-state index in [-0.39, 0.29) is 6.73 Å². The summed E-state index contributed by atoms with van der Waals surface area (Å²) in [4.78, 5) is 0. The van der Waals surface area contributed by atoms with Crippen molar-refractivity contribution < 1.29 is 4.74 Å². The summed E-state index contributed by atoms with van der Waals surface area (Å²) in [5, 5.41) is 0. The molecule has 0 saturated heterocycles. The third-order valence-electron chi connectivity index (χ3n) is 0.840. The summed E-state index contributed by atoms with van der Waals surface area (Å²) < 4.78 is 4.96. The highest BCUT2D eigenvalue weighted by Crippen LogP contribution is 2.01. The molecule has 0 atom stereocenters. The molecule has 0 aliphatic heterocycles. The predicted octanol–water partition coefficient (Wildman–Crippen LogP) is 1.57. The SMILES string of the molecule is C=C/C(=C\C(=C)C)OCN. The van der Waals surface area contributed by atoms with Gasteiger partial charge in [0.05, 0.1) is 0 Å². The smallest absolute Gasteiger partial charge is 0.137 e. The summed E-state index contributed by atoms with van der Waals surface area (Å²) in [7, 11) is 0. The van der Waals surface area contributed by atoms with E-state index in [1.165, 1.54) is 0 Å². The average molecular weight is 139 g/mol. The number of rotatable bonds is 4. The molecule has 0 aromatic rings. The van der Waals surface area contributed by atoms with Crippen LogP contribution in [0.5, 0.6) is 0 Å². The van der Waals surface area contributed by atoms with Gasteiger partial charge in [-0.2, -0.15) is 0 Å². The number of allylic oxidation sites excluding steroid dienone is 3. The Morgan fingerprint density at radius 2 is 2.30 bits per heavy atom. The van der Waals surface area contributed by atoms with Crippen LogP contribution in [0.15, 0.2) is 36.6 Å². The fraction of sp³-hybridized carbons (Fsp3) is 0.250. The number of hydrogen-bond acceptors (Lipinski definition) is 2. The number of nitrogens with two attached hydrogens (primary N) is 1. The van der Waals surface area contributed by atoms with Gasteiger partial charge in [0, 0.05) is 0 Å². The molecule has 0 rings (SSSR count). The molecule has 0 fully saturated rings. The van der Waals surface area contributed by atoms with Crippen molar-refractivity contribution in [1.82, 2.24) is 0 Å². The minimum absolute atomic E-state index is 0.172. The summed E-state index contributed by atoms with van der Waals surface area (Å²) in [5.41, 5.74) is 6.06. The van der Waals surface area contributed by atoms with Crippen molar-refractivity contribution in [2.24, 2.45) is 5.73 Å². The second-order valence-corrected chi connectivity index (χ2v) is 1.91. The van der Waals surface area contributed by atoms with E-state index in [2.05, 4.69) is 13.2 Å². The lowest BCUT2D eigenvalue weighted by Gasteiger charge is -2.01. The fourth-order valence-corrected chi connectivity index (χ4v) is 0.499. The Morgan fingerprint density at radius 1 is 1.70 bits per heavy atom. The second kappa shape index (κ2) is 4.82. The van der Waals surface area contributed by atoms with Gasteiger partial charge in [-0.15, -0.1) is 0 Å².